The molecular weight excluding hydrogens is 516 g/mol. The first-order valence-electron chi connectivity index (χ1n) is 12.4. The Kier molecular flexibility index (Phi) is 9.35. The van der Waals surface area contributed by atoms with Crippen LogP contribution in [0.4, 0.5) is 8.78 Å². The maximum Gasteiger partial charge on any atom is 0.387 e. The van der Waals surface area contributed by atoms with Crippen molar-refractivity contribution >= 4 is 17.6 Å². The van der Waals surface area contributed by atoms with Crippen LogP contribution in [-0.4, -0.2) is 33.8 Å². The molecular formula is C32H29F2NO5. The van der Waals surface area contributed by atoms with Gasteiger partial charge >= 0.3 is 6.61 Å². The van der Waals surface area contributed by atoms with E-state index in [2.05, 4.69) is 10.1 Å². The fourth-order valence-corrected chi connectivity index (χ4v) is 4.28. The summed E-state index contributed by atoms with van der Waals surface area (Å²) in [5.74, 6) is 0.580. The summed E-state index contributed by atoms with van der Waals surface area (Å²) in [6.45, 7) is -3.00. The van der Waals surface area contributed by atoms with Crippen LogP contribution >= 0.6 is 0 Å². The van der Waals surface area contributed by atoms with Gasteiger partial charge in [0.15, 0.2) is 23.0 Å². The summed E-state index contributed by atoms with van der Waals surface area (Å²) in [7, 11) is 4.40. The van der Waals surface area contributed by atoms with Crippen LogP contribution < -0.4 is 24.3 Å². The third kappa shape index (κ3) is 6.77. The van der Waals surface area contributed by atoms with Crippen molar-refractivity contribution in [3.05, 3.63) is 119 Å². The van der Waals surface area contributed by atoms with Crippen LogP contribution in [0.5, 0.6) is 23.0 Å². The largest absolute Gasteiger partial charge is 0.493 e. The molecule has 6 nitrogen and oxygen atoms in total. The van der Waals surface area contributed by atoms with Crippen molar-refractivity contribution in [1.29, 1.82) is 0 Å². The molecule has 40 heavy (non-hydrogen) atoms. The van der Waals surface area contributed by atoms with Crippen molar-refractivity contribution in [2.24, 2.45) is 0 Å². The number of hydrogen-bond donors (Lipinski definition) is 1. The maximum atomic E-state index is 14.0. The zero-order valence-corrected chi connectivity index (χ0v) is 22.3. The molecule has 0 aromatic heterocycles. The number of nitrogens with one attached hydrogen (secondary N) is 1. The van der Waals surface area contributed by atoms with Crippen LogP contribution in [0.2, 0.25) is 0 Å². The predicted molar refractivity (Wildman–Crippen MR) is 150 cm³/mol. The van der Waals surface area contributed by atoms with E-state index in [0.29, 0.717) is 28.2 Å². The summed E-state index contributed by atoms with van der Waals surface area (Å²) < 4.78 is 46.3. The summed E-state index contributed by atoms with van der Waals surface area (Å²) in [6, 6.07) is 28.5. The summed E-state index contributed by atoms with van der Waals surface area (Å²) in [5.41, 5.74) is 3.21. The fraction of sp³-hybridized carbons (Fsp3) is 0.156. The summed E-state index contributed by atoms with van der Waals surface area (Å²) in [5, 5.41) is 3.17. The minimum absolute atomic E-state index is 0.104. The molecule has 206 valence electrons. The second-order valence-corrected chi connectivity index (χ2v) is 8.64. The first-order chi connectivity index (χ1) is 19.4. The minimum atomic E-state index is -3.00. The van der Waals surface area contributed by atoms with Gasteiger partial charge in [-0.05, 0) is 52.6 Å². The van der Waals surface area contributed by atoms with Crippen molar-refractivity contribution in [2.45, 2.75) is 12.7 Å². The molecule has 0 fully saturated rings. The highest BCUT2D eigenvalue weighted by atomic mass is 19.3. The molecule has 0 saturated heterocycles. The van der Waals surface area contributed by atoms with Gasteiger partial charge in [-0.2, -0.15) is 8.78 Å². The first-order valence-corrected chi connectivity index (χ1v) is 12.4. The lowest BCUT2D eigenvalue weighted by Gasteiger charge is -2.21. The van der Waals surface area contributed by atoms with E-state index in [-0.39, 0.29) is 17.4 Å². The number of methoxy groups -OCH3 is 3. The second kappa shape index (κ2) is 13.3. The van der Waals surface area contributed by atoms with Crippen molar-refractivity contribution < 1.29 is 32.5 Å². The highest BCUT2D eigenvalue weighted by Gasteiger charge is 2.22. The van der Waals surface area contributed by atoms with Gasteiger partial charge < -0.3 is 24.3 Å². The van der Waals surface area contributed by atoms with E-state index in [4.69, 9.17) is 14.2 Å². The Balaban J connectivity index is 1.80. The van der Waals surface area contributed by atoms with E-state index >= 15 is 0 Å². The van der Waals surface area contributed by atoms with Crippen molar-refractivity contribution in [3.63, 3.8) is 0 Å². The number of rotatable bonds is 11. The Morgan fingerprint density at radius 1 is 0.700 bits per heavy atom. The number of hydrogen-bond acceptors (Lipinski definition) is 5. The minimum Gasteiger partial charge on any atom is -0.493 e. The van der Waals surface area contributed by atoms with Crippen molar-refractivity contribution in [3.8, 4) is 23.0 Å². The number of carbonyl (C=O) groups is 1. The summed E-state index contributed by atoms with van der Waals surface area (Å²) in [6.07, 6.45) is 1.65. The average molecular weight is 546 g/mol. The summed E-state index contributed by atoms with van der Waals surface area (Å²) >= 11 is 0. The number of amides is 1. The van der Waals surface area contributed by atoms with E-state index in [9.17, 15) is 13.6 Å². The molecule has 0 heterocycles. The molecule has 0 saturated carbocycles. The van der Waals surface area contributed by atoms with E-state index < -0.39 is 12.7 Å². The molecule has 0 bridgehead atoms. The number of benzene rings is 4. The third-order valence-corrected chi connectivity index (χ3v) is 6.20. The Hall–Kier alpha value is -4.85. The first kappa shape index (κ1) is 28.2. The monoisotopic (exact) mass is 545 g/mol. The highest BCUT2D eigenvalue weighted by Crippen LogP contribution is 2.34. The molecule has 0 aliphatic heterocycles. The van der Waals surface area contributed by atoms with E-state index in [1.54, 1.807) is 30.3 Å². The lowest BCUT2D eigenvalue weighted by atomic mass is 9.96. The molecule has 0 aliphatic rings. The standard InChI is InChI=1S/C32H29F2NO5/c1-37-26-17-15-24(20-29(26)39-3)25(18-21-14-16-27(40-32(33)34)28(19-21)38-2)31(36)35-30(22-10-6-4-7-11-22)23-12-8-5-9-13-23/h4-20,30,32H,1-3H3,(H,35,36)/b25-18+. The van der Waals surface area contributed by atoms with Crippen LogP contribution in [0, 0.1) is 0 Å². The topological polar surface area (TPSA) is 66.0 Å². The lowest BCUT2D eigenvalue weighted by Crippen LogP contribution is -2.30. The Morgan fingerprint density at radius 2 is 1.25 bits per heavy atom. The van der Waals surface area contributed by atoms with Gasteiger partial charge in [0.25, 0.3) is 5.91 Å². The second-order valence-electron chi connectivity index (χ2n) is 8.64. The van der Waals surface area contributed by atoms with Crippen LogP contribution in [0.25, 0.3) is 11.6 Å². The van der Waals surface area contributed by atoms with Gasteiger partial charge in [-0.1, -0.05) is 72.8 Å². The van der Waals surface area contributed by atoms with Gasteiger partial charge in [0.05, 0.1) is 27.4 Å². The zero-order chi connectivity index (χ0) is 28.5. The Morgan fingerprint density at radius 3 is 1.80 bits per heavy atom. The lowest BCUT2D eigenvalue weighted by molar-refractivity contribution is -0.116. The molecule has 4 aromatic rings. The Labute approximate surface area is 231 Å². The normalized spacial score (nSPS) is 11.3. The zero-order valence-electron chi connectivity index (χ0n) is 22.3. The molecule has 0 unspecified atom stereocenters. The number of ether oxygens (including phenoxy) is 4. The van der Waals surface area contributed by atoms with Gasteiger partial charge in [-0.3, -0.25) is 4.79 Å². The third-order valence-electron chi connectivity index (χ3n) is 6.20. The predicted octanol–water partition coefficient (Wildman–Crippen LogP) is 6.76. The summed E-state index contributed by atoms with van der Waals surface area (Å²) in [4.78, 5) is 14.0. The smallest absolute Gasteiger partial charge is 0.387 e. The van der Waals surface area contributed by atoms with Crippen LogP contribution in [0.3, 0.4) is 0 Å². The molecule has 8 heteroatoms. The number of carbonyl (C=O) groups excluding carboxylic acids is 1. The fourth-order valence-electron chi connectivity index (χ4n) is 4.28. The SMILES string of the molecule is COc1ccc(/C(=C\c2ccc(OC(F)F)c(OC)c2)C(=O)NC(c2ccccc2)c2ccccc2)cc1OC. The van der Waals surface area contributed by atoms with E-state index in [1.807, 2.05) is 60.7 Å². The molecule has 4 rings (SSSR count). The highest BCUT2D eigenvalue weighted by molar-refractivity contribution is 6.24. The quantitative estimate of drug-likeness (QED) is 0.167. The van der Waals surface area contributed by atoms with Gasteiger partial charge in [0.1, 0.15) is 0 Å². The molecule has 0 aliphatic carbocycles. The van der Waals surface area contributed by atoms with Gasteiger partial charge in [0, 0.05) is 5.57 Å². The Bertz CT molecular complexity index is 1420. The molecule has 0 radical (unpaired) electrons. The molecule has 4 aromatic carbocycles. The number of alkyl halides is 2. The molecule has 1 amide bonds. The van der Waals surface area contributed by atoms with Gasteiger partial charge in [0.2, 0.25) is 0 Å². The van der Waals surface area contributed by atoms with Crippen LogP contribution in [0.1, 0.15) is 28.3 Å². The molecule has 1 N–H and O–H groups in total. The van der Waals surface area contributed by atoms with Crippen LogP contribution in [0.15, 0.2) is 97.1 Å². The maximum absolute atomic E-state index is 14.0. The van der Waals surface area contributed by atoms with Crippen LogP contribution in [-0.2, 0) is 4.79 Å². The van der Waals surface area contributed by atoms with E-state index in [0.717, 1.165) is 11.1 Å². The molecule has 0 atom stereocenters. The van der Waals surface area contributed by atoms with Gasteiger partial charge in [-0.15, -0.1) is 0 Å². The van der Waals surface area contributed by atoms with E-state index in [1.165, 1.54) is 33.5 Å². The van der Waals surface area contributed by atoms with Crippen molar-refractivity contribution in [1.82, 2.24) is 5.32 Å². The average Bonchev–Trinajstić information content (AvgIpc) is 2.99. The van der Waals surface area contributed by atoms with Crippen molar-refractivity contribution in [2.75, 3.05) is 21.3 Å². The van der Waals surface area contributed by atoms with Gasteiger partial charge in [-0.25, -0.2) is 0 Å². The number of halogens is 2. The molecule has 0 spiro atoms.